The van der Waals surface area contributed by atoms with Crippen molar-refractivity contribution < 1.29 is 4.74 Å². The van der Waals surface area contributed by atoms with Crippen molar-refractivity contribution in [2.45, 2.75) is 52.0 Å². The molecule has 0 unspecified atom stereocenters. The molecule has 0 amide bonds. The van der Waals surface area contributed by atoms with Crippen LogP contribution in [0.3, 0.4) is 0 Å². The normalized spacial score (nSPS) is 18.1. The fourth-order valence-corrected chi connectivity index (χ4v) is 3.64. The maximum Gasteiger partial charge on any atom is 0.140 e. The monoisotopic (exact) mass is 267 g/mol. The van der Waals surface area contributed by atoms with Gasteiger partial charge in [0, 0.05) is 5.54 Å². The molecule has 100 valence electrons. The minimum Gasteiger partial charge on any atom is -0.495 e. The van der Waals surface area contributed by atoms with Crippen LogP contribution in [-0.2, 0) is 5.54 Å². The highest BCUT2D eigenvalue weighted by Gasteiger charge is 2.35. The highest BCUT2D eigenvalue weighted by molar-refractivity contribution is 6.33. The highest BCUT2D eigenvalue weighted by Crippen LogP contribution is 2.45. The van der Waals surface area contributed by atoms with Gasteiger partial charge in [0.25, 0.3) is 0 Å². The molecule has 0 heterocycles. The Morgan fingerprint density at radius 2 is 1.61 bits per heavy atom. The van der Waals surface area contributed by atoms with Gasteiger partial charge in [0.05, 0.1) is 12.1 Å². The SMILES string of the molecule is COc1c(C)c(C)c(C2(N)CCCC2)c(C)c1Cl. The van der Waals surface area contributed by atoms with Gasteiger partial charge in [-0.05, 0) is 55.9 Å². The number of nitrogens with two attached hydrogens (primary N) is 1. The Hall–Kier alpha value is -0.730. The molecule has 1 fully saturated rings. The Bertz CT molecular complexity index is 447. The molecule has 1 aromatic carbocycles. The summed E-state index contributed by atoms with van der Waals surface area (Å²) in [6.07, 6.45) is 4.52. The lowest BCUT2D eigenvalue weighted by molar-refractivity contribution is 0.408. The van der Waals surface area contributed by atoms with E-state index < -0.39 is 0 Å². The largest absolute Gasteiger partial charge is 0.495 e. The van der Waals surface area contributed by atoms with Gasteiger partial charge in [-0.15, -0.1) is 0 Å². The first kappa shape index (κ1) is 13.7. The second-order valence-electron chi connectivity index (χ2n) is 5.46. The lowest BCUT2D eigenvalue weighted by atomic mass is 9.81. The molecule has 1 aromatic rings. The summed E-state index contributed by atoms with van der Waals surface area (Å²) in [6, 6.07) is 0. The van der Waals surface area contributed by atoms with Gasteiger partial charge in [-0.1, -0.05) is 24.4 Å². The fraction of sp³-hybridized carbons (Fsp3) is 0.600. The molecule has 1 saturated carbocycles. The maximum absolute atomic E-state index is 6.61. The number of halogens is 1. The number of hydrogen-bond donors (Lipinski definition) is 1. The van der Waals surface area contributed by atoms with E-state index in [1.807, 2.05) is 0 Å². The van der Waals surface area contributed by atoms with Crippen LogP contribution in [-0.4, -0.2) is 7.11 Å². The van der Waals surface area contributed by atoms with E-state index in [0.717, 1.165) is 29.7 Å². The quantitative estimate of drug-likeness (QED) is 0.879. The van der Waals surface area contributed by atoms with Crippen LogP contribution in [0.1, 0.15) is 47.9 Å². The van der Waals surface area contributed by atoms with Gasteiger partial charge < -0.3 is 10.5 Å². The molecular formula is C15H22ClNO. The van der Waals surface area contributed by atoms with Crippen LogP contribution in [0.15, 0.2) is 0 Å². The molecule has 0 radical (unpaired) electrons. The number of benzene rings is 1. The van der Waals surface area contributed by atoms with E-state index in [9.17, 15) is 0 Å². The Morgan fingerprint density at radius 1 is 1.06 bits per heavy atom. The molecule has 2 N–H and O–H groups in total. The van der Waals surface area contributed by atoms with Crippen molar-refractivity contribution in [1.82, 2.24) is 0 Å². The van der Waals surface area contributed by atoms with Crippen molar-refractivity contribution in [3.63, 3.8) is 0 Å². The zero-order valence-electron chi connectivity index (χ0n) is 11.7. The minimum absolute atomic E-state index is 0.200. The smallest absolute Gasteiger partial charge is 0.140 e. The molecule has 2 rings (SSSR count). The second-order valence-corrected chi connectivity index (χ2v) is 5.84. The van der Waals surface area contributed by atoms with E-state index in [-0.39, 0.29) is 5.54 Å². The Labute approximate surface area is 114 Å². The van der Waals surface area contributed by atoms with Gasteiger partial charge in [-0.2, -0.15) is 0 Å². The first-order valence-corrected chi connectivity index (χ1v) is 6.93. The van der Waals surface area contributed by atoms with E-state index in [2.05, 4.69) is 20.8 Å². The zero-order valence-corrected chi connectivity index (χ0v) is 12.4. The van der Waals surface area contributed by atoms with Gasteiger partial charge in [-0.25, -0.2) is 0 Å². The van der Waals surface area contributed by atoms with Crippen LogP contribution in [0.25, 0.3) is 0 Å². The fourth-order valence-electron chi connectivity index (χ4n) is 3.33. The predicted molar refractivity (Wildman–Crippen MR) is 76.5 cm³/mol. The topological polar surface area (TPSA) is 35.2 Å². The number of methoxy groups -OCH3 is 1. The van der Waals surface area contributed by atoms with Crippen molar-refractivity contribution in [3.8, 4) is 5.75 Å². The van der Waals surface area contributed by atoms with E-state index in [1.165, 1.54) is 24.0 Å². The molecule has 1 aliphatic carbocycles. The van der Waals surface area contributed by atoms with Crippen LogP contribution in [0, 0.1) is 20.8 Å². The number of ether oxygens (including phenoxy) is 1. The minimum atomic E-state index is -0.200. The van der Waals surface area contributed by atoms with Gasteiger partial charge in [0.1, 0.15) is 5.75 Å². The second kappa shape index (κ2) is 4.75. The molecule has 18 heavy (non-hydrogen) atoms. The number of hydrogen-bond acceptors (Lipinski definition) is 2. The standard InChI is InChI=1S/C15H22ClNO/c1-9-10(2)14(18-4)13(16)11(3)12(9)15(17)7-5-6-8-15/h5-8,17H2,1-4H3. The van der Waals surface area contributed by atoms with Gasteiger partial charge in [-0.3, -0.25) is 0 Å². The van der Waals surface area contributed by atoms with Gasteiger partial charge >= 0.3 is 0 Å². The average molecular weight is 268 g/mol. The summed E-state index contributed by atoms with van der Waals surface area (Å²) in [7, 11) is 1.67. The molecule has 0 saturated heterocycles. The third-order valence-corrected chi connectivity index (χ3v) is 4.83. The summed E-state index contributed by atoms with van der Waals surface area (Å²) in [6.45, 7) is 6.24. The van der Waals surface area contributed by atoms with Gasteiger partial charge in [0.2, 0.25) is 0 Å². The van der Waals surface area contributed by atoms with E-state index in [4.69, 9.17) is 22.1 Å². The lowest BCUT2D eigenvalue weighted by Gasteiger charge is -2.30. The van der Waals surface area contributed by atoms with Crippen molar-refractivity contribution in [2.24, 2.45) is 5.73 Å². The Morgan fingerprint density at radius 3 is 2.11 bits per heavy atom. The summed E-state index contributed by atoms with van der Waals surface area (Å²) < 4.78 is 5.42. The molecule has 0 bridgehead atoms. The molecule has 0 spiro atoms. The summed E-state index contributed by atoms with van der Waals surface area (Å²) >= 11 is 6.44. The van der Waals surface area contributed by atoms with Crippen molar-refractivity contribution >= 4 is 11.6 Å². The maximum atomic E-state index is 6.61. The Kier molecular flexibility index (Phi) is 3.61. The third-order valence-electron chi connectivity index (χ3n) is 4.38. The first-order valence-electron chi connectivity index (χ1n) is 6.55. The van der Waals surface area contributed by atoms with E-state index in [0.29, 0.717) is 5.02 Å². The average Bonchev–Trinajstić information content (AvgIpc) is 2.75. The molecule has 3 heteroatoms. The van der Waals surface area contributed by atoms with Gasteiger partial charge in [0.15, 0.2) is 0 Å². The first-order chi connectivity index (χ1) is 8.42. The van der Waals surface area contributed by atoms with Crippen LogP contribution in [0.5, 0.6) is 5.75 Å². The van der Waals surface area contributed by atoms with Crippen molar-refractivity contribution in [2.75, 3.05) is 7.11 Å². The molecule has 0 atom stereocenters. The van der Waals surface area contributed by atoms with Crippen LogP contribution in [0.4, 0.5) is 0 Å². The molecule has 2 nitrogen and oxygen atoms in total. The summed E-state index contributed by atoms with van der Waals surface area (Å²) in [5, 5.41) is 0.715. The lowest BCUT2D eigenvalue weighted by Crippen LogP contribution is -2.35. The molecular weight excluding hydrogens is 246 g/mol. The summed E-state index contributed by atoms with van der Waals surface area (Å²) in [5.74, 6) is 0.789. The molecule has 0 aliphatic heterocycles. The molecule has 0 aromatic heterocycles. The predicted octanol–water partition coefficient (Wildman–Crippen LogP) is 4.00. The third kappa shape index (κ3) is 1.92. The van der Waals surface area contributed by atoms with Crippen molar-refractivity contribution in [1.29, 1.82) is 0 Å². The number of rotatable bonds is 2. The van der Waals surface area contributed by atoms with E-state index in [1.54, 1.807) is 7.11 Å². The summed E-state index contributed by atoms with van der Waals surface area (Å²) in [5.41, 5.74) is 11.1. The van der Waals surface area contributed by atoms with Crippen LogP contribution >= 0.6 is 11.6 Å². The van der Waals surface area contributed by atoms with Crippen molar-refractivity contribution in [3.05, 3.63) is 27.3 Å². The van der Waals surface area contributed by atoms with E-state index >= 15 is 0 Å². The van der Waals surface area contributed by atoms with Crippen LogP contribution < -0.4 is 10.5 Å². The summed E-state index contributed by atoms with van der Waals surface area (Å²) in [4.78, 5) is 0. The highest BCUT2D eigenvalue weighted by atomic mass is 35.5. The Balaban J connectivity index is 2.68. The zero-order chi connectivity index (χ0) is 13.5. The molecule has 1 aliphatic rings. The van der Waals surface area contributed by atoms with Crippen LogP contribution in [0.2, 0.25) is 5.02 Å².